The average Bonchev–Trinajstić information content (AvgIpc) is 3.13. The third kappa shape index (κ3) is 2.70. The van der Waals surface area contributed by atoms with E-state index in [1.807, 2.05) is 28.9 Å². The van der Waals surface area contributed by atoms with Gasteiger partial charge in [-0.3, -0.25) is 9.58 Å². The quantitative estimate of drug-likeness (QED) is 0.847. The molecule has 1 aromatic carbocycles. The van der Waals surface area contributed by atoms with Crippen molar-refractivity contribution in [1.82, 2.24) is 19.7 Å². The van der Waals surface area contributed by atoms with Crippen LogP contribution in [-0.2, 0) is 13.1 Å². The average molecular weight is 267 g/mol. The van der Waals surface area contributed by atoms with E-state index in [-0.39, 0.29) is 0 Å². The van der Waals surface area contributed by atoms with E-state index >= 15 is 0 Å². The first-order valence-corrected chi connectivity index (χ1v) is 6.91. The third-order valence-corrected chi connectivity index (χ3v) is 3.87. The summed E-state index contributed by atoms with van der Waals surface area (Å²) in [5.74, 6) is 0. The summed E-state index contributed by atoms with van der Waals surface area (Å²) in [6.07, 6.45) is 5.71. The van der Waals surface area contributed by atoms with E-state index in [0.29, 0.717) is 6.04 Å². The molecule has 0 aliphatic carbocycles. The Kier molecular flexibility index (Phi) is 3.75. The number of hydrogen-bond acceptors (Lipinski definition) is 4. The standard InChI is InChI=1S/C15H17N5/c16-8-13-4-1-2-5-14(13)9-19-7-3-6-15(19)10-20-12-17-11-18-20/h1-2,4-5,11-12,15H,3,6-7,9-10H2/t15-/m1/s1. The molecule has 1 aliphatic heterocycles. The van der Waals surface area contributed by atoms with Gasteiger partial charge in [-0.15, -0.1) is 0 Å². The van der Waals surface area contributed by atoms with Crippen molar-refractivity contribution < 1.29 is 0 Å². The predicted molar refractivity (Wildman–Crippen MR) is 74.6 cm³/mol. The predicted octanol–water partition coefficient (Wildman–Crippen LogP) is 1.81. The molecule has 20 heavy (non-hydrogen) atoms. The minimum Gasteiger partial charge on any atom is -0.294 e. The fourth-order valence-corrected chi connectivity index (χ4v) is 2.84. The molecule has 1 aromatic heterocycles. The van der Waals surface area contributed by atoms with Crippen molar-refractivity contribution in [3.8, 4) is 6.07 Å². The third-order valence-electron chi connectivity index (χ3n) is 3.87. The van der Waals surface area contributed by atoms with E-state index in [4.69, 9.17) is 0 Å². The van der Waals surface area contributed by atoms with Gasteiger partial charge in [-0.2, -0.15) is 10.4 Å². The number of nitrogens with zero attached hydrogens (tertiary/aromatic N) is 5. The Labute approximate surface area is 118 Å². The zero-order chi connectivity index (χ0) is 13.8. The molecule has 0 unspecified atom stereocenters. The van der Waals surface area contributed by atoms with Crippen LogP contribution in [0.15, 0.2) is 36.9 Å². The molecular weight excluding hydrogens is 250 g/mol. The van der Waals surface area contributed by atoms with Crippen molar-refractivity contribution in [2.45, 2.75) is 32.0 Å². The van der Waals surface area contributed by atoms with Gasteiger partial charge in [0.2, 0.25) is 0 Å². The molecule has 3 rings (SSSR count). The van der Waals surface area contributed by atoms with E-state index in [9.17, 15) is 5.26 Å². The van der Waals surface area contributed by atoms with Crippen LogP contribution in [0, 0.1) is 11.3 Å². The van der Waals surface area contributed by atoms with E-state index in [2.05, 4.69) is 21.1 Å². The molecule has 1 atom stereocenters. The number of likely N-dealkylation sites (tertiary alicyclic amines) is 1. The van der Waals surface area contributed by atoms with Gasteiger partial charge in [0, 0.05) is 12.6 Å². The summed E-state index contributed by atoms with van der Waals surface area (Å²) in [6.45, 7) is 2.79. The number of benzene rings is 1. The molecule has 0 saturated carbocycles. The van der Waals surface area contributed by atoms with Gasteiger partial charge in [-0.25, -0.2) is 4.98 Å². The zero-order valence-electron chi connectivity index (χ0n) is 11.3. The fourth-order valence-electron chi connectivity index (χ4n) is 2.84. The van der Waals surface area contributed by atoms with Crippen LogP contribution in [0.3, 0.4) is 0 Å². The number of rotatable bonds is 4. The van der Waals surface area contributed by atoms with Gasteiger partial charge in [0.05, 0.1) is 18.2 Å². The van der Waals surface area contributed by atoms with Crippen LogP contribution in [0.4, 0.5) is 0 Å². The highest BCUT2D eigenvalue weighted by atomic mass is 15.3. The Hall–Kier alpha value is -2.19. The van der Waals surface area contributed by atoms with E-state index < -0.39 is 0 Å². The minimum atomic E-state index is 0.475. The van der Waals surface area contributed by atoms with Gasteiger partial charge in [-0.05, 0) is 31.0 Å². The highest BCUT2D eigenvalue weighted by Gasteiger charge is 2.25. The highest BCUT2D eigenvalue weighted by Crippen LogP contribution is 2.22. The van der Waals surface area contributed by atoms with Crippen molar-refractivity contribution in [3.05, 3.63) is 48.0 Å². The van der Waals surface area contributed by atoms with Gasteiger partial charge >= 0.3 is 0 Å². The number of nitriles is 1. The lowest BCUT2D eigenvalue weighted by atomic mass is 10.1. The van der Waals surface area contributed by atoms with Gasteiger partial charge in [0.15, 0.2) is 0 Å². The maximum absolute atomic E-state index is 9.17. The van der Waals surface area contributed by atoms with Crippen molar-refractivity contribution in [2.24, 2.45) is 0 Å². The second-order valence-electron chi connectivity index (χ2n) is 5.15. The lowest BCUT2D eigenvalue weighted by Gasteiger charge is -2.24. The number of aromatic nitrogens is 3. The first-order valence-electron chi connectivity index (χ1n) is 6.91. The molecule has 0 bridgehead atoms. The Bertz CT molecular complexity index is 599. The Morgan fingerprint density at radius 1 is 1.35 bits per heavy atom. The van der Waals surface area contributed by atoms with Crippen LogP contribution in [0.5, 0.6) is 0 Å². The fraction of sp³-hybridized carbons (Fsp3) is 0.400. The largest absolute Gasteiger partial charge is 0.294 e. The van der Waals surface area contributed by atoms with Crippen LogP contribution in [0.25, 0.3) is 0 Å². The van der Waals surface area contributed by atoms with Crippen LogP contribution >= 0.6 is 0 Å². The summed E-state index contributed by atoms with van der Waals surface area (Å²) in [5.41, 5.74) is 1.89. The Morgan fingerprint density at radius 3 is 3.05 bits per heavy atom. The summed E-state index contributed by atoms with van der Waals surface area (Å²) >= 11 is 0. The Morgan fingerprint density at radius 2 is 2.25 bits per heavy atom. The van der Waals surface area contributed by atoms with Crippen molar-refractivity contribution in [3.63, 3.8) is 0 Å². The van der Waals surface area contributed by atoms with Crippen LogP contribution in [-0.4, -0.2) is 32.3 Å². The number of hydrogen-bond donors (Lipinski definition) is 0. The normalized spacial score (nSPS) is 19.1. The summed E-state index contributed by atoms with van der Waals surface area (Å²) in [5, 5.41) is 13.4. The topological polar surface area (TPSA) is 57.7 Å². The molecular formula is C15H17N5. The molecule has 0 spiro atoms. The second kappa shape index (κ2) is 5.85. The lowest BCUT2D eigenvalue weighted by molar-refractivity contribution is 0.219. The first-order chi connectivity index (χ1) is 9.86. The lowest BCUT2D eigenvalue weighted by Crippen LogP contribution is -2.32. The summed E-state index contributed by atoms with van der Waals surface area (Å²) in [6, 6.07) is 10.6. The molecule has 5 heteroatoms. The van der Waals surface area contributed by atoms with E-state index in [1.54, 1.807) is 12.7 Å². The smallest absolute Gasteiger partial charge is 0.137 e. The zero-order valence-corrected chi connectivity index (χ0v) is 11.3. The van der Waals surface area contributed by atoms with E-state index in [1.165, 1.54) is 12.8 Å². The van der Waals surface area contributed by atoms with Crippen molar-refractivity contribution in [2.75, 3.05) is 6.54 Å². The monoisotopic (exact) mass is 267 g/mol. The molecule has 5 nitrogen and oxygen atoms in total. The van der Waals surface area contributed by atoms with Crippen LogP contribution in [0.1, 0.15) is 24.0 Å². The summed E-state index contributed by atoms with van der Waals surface area (Å²) in [7, 11) is 0. The second-order valence-corrected chi connectivity index (χ2v) is 5.15. The summed E-state index contributed by atoms with van der Waals surface area (Å²) < 4.78 is 1.89. The van der Waals surface area contributed by atoms with Crippen molar-refractivity contribution >= 4 is 0 Å². The van der Waals surface area contributed by atoms with Gasteiger partial charge in [0.1, 0.15) is 12.7 Å². The highest BCUT2D eigenvalue weighted by molar-refractivity contribution is 5.37. The molecule has 2 aromatic rings. The molecule has 0 amide bonds. The molecule has 2 heterocycles. The Balaban J connectivity index is 1.71. The minimum absolute atomic E-state index is 0.475. The first kappa shape index (κ1) is 12.8. The molecule has 1 saturated heterocycles. The molecule has 0 N–H and O–H groups in total. The van der Waals surface area contributed by atoms with Gasteiger partial charge in [-0.1, -0.05) is 18.2 Å². The summed E-state index contributed by atoms with van der Waals surface area (Å²) in [4.78, 5) is 6.43. The molecule has 102 valence electrons. The maximum Gasteiger partial charge on any atom is 0.137 e. The van der Waals surface area contributed by atoms with E-state index in [0.717, 1.165) is 30.8 Å². The van der Waals surface area contributed by atoms with Gasteiger partial charge < -0.3 is 0 Å². The van der Waals surface area contributed by atoms with Crippen molar-refractivity contribution in [1.29, 1.82) is 5.26 Å². The van der Waals surface area contributed by atoms with Gasteiger partial charge in [0.25, 0.3) is 0 Å². The molecule has 1 fully saturated rings. The van der Waals surface area contributed by atoms with Crippen LogP contribution in [0.2, 0.25) is 0 Å². The molecule has 0 radical (unpaired) electrons. The molecule has 1 aliphatic rings. The maximum atomic E-state index is 9.17. The van der Waals surface area contributed by atoms with Crippen LogP contribution < -0.4 is 0 Å². The SMILES string of the molecule is N#Cc1ccccc1CN1CCC[C@@H]1Cn1cncn1.